The van der Waals surface area contributed by atoms with Crippen molar-refractivity contribution < 1.29 is 14.4 Å². The summed E-state index contributed by atoms with van der Waals surface area (Å²) in [6.07, 6.45) is 1.85. The lowest BCUT2D eigenvalue weighted by atomic mass is 9.90. The second-order valence-corrected chi connectivity index (χ2v) is 8.25. The van der Waals surface area contributed by atoms with E-state index in [4.69, 9.17) is 9.78 Å². The van der Waals surface area contributed by atoms with Gasteiger partial charge in [0.2, 0.25) is 5.91 Å². The fourth-order valence-corrected chi connectivity index (χ4v) is 3.98. The number of hydrogen-bond acceptors (Lipinski definition) is 6. The molecule has 1 fully saturated rings. The minimum absolute atomic E-state index is 0.0780. The number of aromatic nitrogens is 3. The van der Waals surface area contributed by atoms with Crippen LogP contribution in [0, 0.1) is 11.3 Å². The molecule has 0 radical (unpaired) electrons. The molecule has 33 heavy (non-hydrogen) atoms. The number of benzene rings is 2. The van der Waals surface area contributed by atoms with E-state index in [0.717, 1.165) is 11.1 Å². The molecule has 2 aromatic heterocycles. The van der Waals surface area contributed by atoms with Crippen molar-refractivity contribution in [2.75, 3.05) is 13.1 Å². The van der Waals surface area contributed by atoms with Crippen LogP contribution in [0.1, 0.15) is 17.0 Å². The Morgan fingerprint density at radius 2 is 1.88 bits per heavy atom. The van der Waals surface area contributed by atoms with Gasteiger partial charge in [-0.25, -0.2) is 4.98 Å². The Morgan fingerprint density at radius 3 is 2.58 bits per heavy atom. The van der Waals surface area contributed by atoms with Gasteiger partial charge in [-0.05, 0) is 24.3 Å². The first-order chi connectivity index (χ1) is 15.9. The van der Waals surface area contributed by atoms with Gasteiger partial charge in [-0.15, -0.1) is 0 Å². The molecule has 4 aromatic rings. The van der Waals surface area contributed by atoms with Crippen LogP contribution in [0.15, 0.2) is 71.4 Å². The highest BCUT2D eigenvalue weighted by Gasteiger charge is 2.47. The smallest absolute Gasteiger partial charge is 0.230 e. The number of hydrogen-bond donors (Lipinski definition) is 1. The molecule has 0 saturated carbocycles. The van der Waals surface area contributed by atoms with Crippen LogP contribution in [0.4, 0.5) is 0 Å². The van der Waals surface area contributed by atoms with Gasteiger partial charge in [0.15, 0.2) is 0 Å². The van der Waals surface area contributed by atoms with E-state index in [9.17, 15) is 9.90 Å². The van der Waals surface area contributed by atoms with E-state index < -0.39 is 5.60 Å². The Kier molecular flexibility index (Phi) is 5.04. The number of carbonyl (C=O) groups excluding carboxylic acids is 1. The molecular weight excluding hydrogens is 418 g/mol. The van der Waals surface area contributed by atoms with Crippen molar-refractivity contribution in [2.24, 2.45) is 7.05 Å². The zero-order valence-corrected chi connectivity index (χ0v) is 18.0. The minimum Gasteiger partial charge on any atom is -0.380 e. The van der Waals surface area contributed by atoms with Gasteiger partial charge >= 0.3 is 0 Å². The second kappa shape index (κ2) is 8.04. The third kappa shape index (κ3) is 3.90. The van der Waals surface area contributed by atoms with Crippen molar-refractivity contribution in [1.82, 2.24) is 19.6 Å². The first-order valence-corrected chi connectivity index (χ1v) is 10.5. The van der Waals surface area contributed by atoms with Gasteiger partial charge in [-0.3, -0.25) is 4.79 Å². The van der Waals surface area contributed by atoms with E-state index in [1.807, 2.05) is 54.1 Å². The Balaban J connectivity index is 1.24. The Bertz CT molecular complexity index is 1340. The molecule has 164 valence electrons. The monoisotopic (exact) mass is 439 g/mol. The summed E-state index contributed by atoms with van der Waals surface area (Å²) in [5.41, 5.74) is 2.34. The Morgan fingerprint density at radius 1 is 1.15 bits per heavy atom. The number of carbonyl (C=O) groups is 1. The van der Waals surface area contributed by atoms with Crippen LogP contribution in [-0.4, -0.2) is 43.7 Å². The molecule has 0 spiro atoms. The fourth-order valence-electron chi connectivity index (χ4n) is 3.98. The van der Waals surface area contributed by atoms with Crippen molar-refractivity contribution in [3.63, 3.8) is 0 Å². The van der Waals surface area contributed by atoms with Crippen LogP contribution in [0.25, 0.3) is 22.6 Å². The topological polar surface area (TPSA) is 108 Å². The van der Waals surface area contributed by atoms with Crippen molar-refractivity contribution >= 4 is 5.91 Å². The van der Waals surface area contributed by atoms with E-state index in [-0.39, 0.29) is 25.4 Å². The summed E-state index contributed by atoms with van der Waals surface area (Å²) in [5, 5.41) is 24.1. The van der Waals surface area contributed by atoms with Gasteiger partial charge in [-0.1, -0.05) is 35.5 Å². The van der Waals surface area contributed by atoms with Gasteiger partial charge in [0.1, 0.15) is 22.9 Å². The largest absolute Gasteiger partial charge is 0.380 e. The number of nitrogens with zero attached hydrogens (tertiary/aromatic N) is 5. The predicted molar refractivity (Wildman–Crippen MR) is 119 cm³/mol. The Hall–Kier alpha value is -4.22. The highest BCUT2D eigenvalue weighted by Crippen LogP contribution is 2.33. The molecule has 1 amide bonds. The maximum absolute atomic E-state index is 12.7. The summed E-state index contributed by atoms with van der Waals surface area (Å²) in [5.74, 6) is 1.02. The van der Waals surface area contributed by atoms with Crippen molar-refractivity contribution in [2.45, 2.75) is 12.0 Å². The number of aliphatic hydroxyl groups is 1. The predicted octanol–water partition coefficient (Wildman–Crippen LogP) is 2.89. The number of aryl methyl sites for hydroxylation is 1. The van der Waals surface area contributed by atoms with Gasteiger partial charge in [0, 0.05) is 30.4 Å². The Labute approximate surface area is 190 Å². The van der Waals surface area contributed by atoms with Crippen molar-refractivity contribution in [3.05, 3.63) is 83.9 Å². The number of nitriles is 1. The van der Waals surface area contributed by atoms with Crippen LogP contribution >= 0.6 is 0 Å². The highest BCUT2D eigenvalue weighted by atomic mass is 16.5. The lowest BCUT2D eigenvalue weighted by Gasteiger charge is -2.45. The first kappa shape index (κ1) is 20.7. The highest BCUT2D eigenvalue weighted by molar-refractivity contribution is 5.79. The molecule has 3 heterocycles. The molecule has 0 unspecified atom stereocenters. The fraction of sp³-hybridized carbons (Fsp3) is 0.200. The molecule has 1 aliphatic heterocycles. The molecule has 0 bridgehead atoms. The zero-order valence-electron chi connectivity index (χ0n) is 18.0. The van der Waals surface area contributed by atoms with Crippen LogP contribution in [0.3, 0.4) is 0 Å². The molecule has 2 aromatic carbocycles. The normalized spacial score (nSPS) is 14.5. The third-order valence-corrected chi connectivity index (χ3v) is 5.84. The van der Waals surface area contributed by atoms with Crippen LogP contribution in [0.2, 0.25) is 0 Å². The van der Waals surface area contributed by atoms with Crippen LogP contribution in [0.5, 0.6) is 0 Å². The number of likely N-dealkylation sites (tertiary alicyclic amines) is 1. The molecule has 1 N–H and O–H groups in total. The summed E-state index contributed by atoms with van der Waals surface area (Å²) >= 11 is 0. The maximum atomic E-state index is 12.7. The van der Waals surface area contributed by atoms with Crippen molar-refractivity contribution in [3.8, 4) is 28.7 Å². The third-order valence-electron chi connectivity index (χ3n) is 5.84. The number of rotatable bonds is 5. The molecule has 1 saturated heterocycles. The average Bonchev–Trinajstić information content (AvgIpc) is 3.44. The molecule has 0 atom stereocenters. The van der Waals surface area contributed by atoms with Crippen LogP contribution in [-0.2, 0) is 23.9 Å². The SMILES string of the molecule is Cn1cc(C2(O)CN(C(=O)Cc3cc(-c4ccccc4)no3)C2)nc1-c1ccc(C#N)cc1. The van der Waals surface area contributed by atoms with E-state index in [2.05, 4.69) is 16.2 Å². The number of amides is 1. The number of imidazole rings is 1. The average molecular weight is 439 g/mol. The first-order valence-electron chi connectivity index (χ1n) is 10.5. The summed E-state index contributed by atoms with van der Waals surface area (Å²) in [6, 6.07) is 20.6. The molecule has 1 aliphatic rings. The lowest BCUT2D eigenvalue weighted by Crippen LogP contribution is -2.61. The van der Waals surface area contributed by atoms with E-state index in [1.165, 1.54) is 0 Å². The molecule has 8 heteroatoms. The summed E-state index contributed by atoms with van der Waals surface area (Å²) in [4.78, 5) is 18.9. The summed E-state index contributed by atoms with van der Waals surface area (Å²) < 4.78 is 7.17. The van der Waals surface area contributed by atoms with Crippen LogP contribution < -0.4 is 0 Å². The van der Waals surface area contributed by atoms with Gasteiger partial charge < -0.3 is 19.1 Å². The number of β-amino-alcohol motifs (C(OH)–C–C–N with tert-alkyl or cyclic N) is 1. The van der Waals surface area contributed by atoms with Crippen molar-refractivity contribution in [1.29, 1.82) is 5.26 Å². The molecule has 5 rings (SSSR count). The van der Waals surface area contributed by atoms with E-state index in [0.29, 0.717) is 28.5 Å². The molecule has 8 nitrogen and oxygen atoms in total. The quantitative estimate of drug-likeness (QED) is 0.512. The molecule has 0 aliphatic carbocycles. The minimum atomic E-state index is -1.20. The lowest BCUT2D eigenvalue weighted by molar-refractivity contribution is -0.157. The van der Waals surface area contributed by atoms with Gasteiger partial charge in [0.25, 0.3) is 0 Å². The summed E-state index contributed by atoms with van der Waals surface area (Å²) in [6.45, 7) is 0.324. The van der Waals surface area contributed by atoms with Gasteiger partial charge in [0.05, 0.1) is 36.8 Å². The zero-order chi connectivity index (χ0) is 23.0. The summed E-state index contributed by atoms with van der Waals surface area (Å²) in [7, 11) is 1.85. The van der Waals surface area contributed by atoms with Gasteiger partial charge in [-0.2, -0.15) is 5.26 Å². The van der Waals surface area contributed by atoms with E-state index in [1.54, 1.807) is 29.3 Å². The molecular formula is C25H21N5O3. The maximum Gasteiger partial charge on any atom is 0.230 e. The second-order valence-electron chi connectivity index (χ2n) is 8.25. The standard InChI is InChI=1S/C25H21N5O3/c1-29-14-22(27-24(29)19-9-7-17(13-26)8-10-19)25(32)15-30(16-25)23(31)12-20-11-21(28-33-20)18-5-3-2-4-6-18/h2-11,14,32H,12,15-16H2,1H3. The van der Waals surface area contributed by atoms with E-state index >= 15 is 0 Å².